The van der Waals surface area contributed by atoms with Crippen LogP contribution in [0.5, 0.6) is 0 Å². The van der Waals surface area contributed by atoms with E-state index in [0.29, 0.717) is 18.9 Å². The molecule has 0 radical (unpaired) electrons. The lowest BCUT2D eigenvalue weighted by atomic mass is 9.93. The van der Waals surface area contributed by atoms with Crippen LogP contribution in [0.1, 0.15) is 72.1 Å². The summed E-state index contributed by atoms with van der Waals surface area (Å²) in [5, 5.41) is 3.00. The minimum Gasteiger partial charge on any atom is -0.342 e. The van der Waals surface area contributed by atoms with Crippen molar-refractivity contribution in [1.29, 1.82) is 0 Å². The maximum Gasteiger partial charge on any atom is 0.248 e. The summed E-state index contributed by atoms with van der Waals surface area (Å²) in [6.45, 7) is 6.84. The first kappa shape index (κ1) is 16.3. The zero-order valence-corrected chi connectivity index (χ0v) is 13.8. The molecule has 0 aromatic rings. The molecule has 2 fully saturated rings. The molecule has 1 aliphatic carbocycles. The lowest BCUT2D eigenvalue weighted by Crippen LogP contribution is -2.58. The molecular formula is C17H30N2O2. The lowest BCUT2D eigenvalue weighted by molar-refractivity contribution is -0.141. The molecule has 0 spiro atoms. The number of rotatable bonds is 7. The van der Waals surface area contributed by atoms with Gasteiger partial charge in [-0.2, -0.15) is 0 Å². The van der Waals surface area contributed by atoms with Crippen molar-refractivity contribution >= 4 is 11.8 Å². The predicted octanol–water partition coefficient (Wildman–Crippen LogP) is 2.86. The molecule has 2 aliphatic rings. The second kappa shape index (κ2) is 6.80. The summed E-state index contributed by atoms with van der Waals surface area (Å²) in [7, 11) is 0. The molecular weight excluding hydrogens is 264 g/mol. The second-order valence-corrected chi connectivity index (χ2v) is 6.97. The summed E-state index contributed by atoms with van der Waals surface area (Å²) in [4.78, 5) is 26.9. The van der Waals surface area contributed by atoms with Crippen LogP contribution in [-0.4, -0.2) is 34.8 Å². The number of carbonyl (C=O) groups excluding carboxylic acids is 2. The largest absolute Gasteiger partial charge is 0.342 e. The van der Waals surface area contributed by atoms with E-state index in [1.165, 1.54) is 25.7 Å². The quantitative estimate of drug-likeness (QED) is 0.734. The molecule has 1 saturated carbocycles. The molecule has 1 saturated heterocycles. The van der Waals surface area contributed by atoms with E-state index in [0.717, 1.165) is 19.3 Å². The first-order chi connectivity index (χ1) is 9.99. The SMILES string of the molecule is CCCCCCC(C)N1CCC(=O)NC(C)(C2CC2)C1=O. The maximum atomic E-state index is 12.9. The van der Waals surface area contributed by atoms with Crippen LogP contribution in [0, 0.1) is 5.92 Å². The number of hydrogen-bond donors (Lipinski definition) is 1. The topological polar surface area (TPSA) is 49.4 Å². The highest BCUT2D eigenvalue weighted by Crippen LogP contribution is 2.41. The van der Waals surface area contributed by atoms with Crippen molar-refractivity contribution in [2.24, 2.45) is 5.92 Å². The van der Waals surface area contributed by atoms with Gasteiger partial charge < -0.3 is 10.2 Å². The van der Waals surface area contributed by atoms with Crippen LogP contribution < -0.4 is 5.32 Å². The average molecular weight is 294 g/mol. The van der Waals surface area contributed by atoms with E-state index in [-0.39, 0.29) is 17.9 Å². The minimum atomic E-state index is -0.661. The summed E-state index contributed by atoms with van der Waals surface area (Å²) in [5.41, 5.74) is -0.661. The third kappa shape index (κ3) is 3.78. The highest BCUT2D eigenvalue weighted by Gasteiger charge is 2.51. The Morgan fingerprint density at radius 2 is 2.00 bits per heavy atom. The van der Waals surface area contributed by atoms with Crippen LogP contribution in [0.4, 0.5) is 0 Å². The Kier molecular flexibility index (Phi) is 5.28. The Hall–Kier alpha value is -1.06. The van der Waals surface area contributed by atoms with E-state index >= 15 is 0 Å². The molecule has 4 nitrogen and oxygen atoms in total. The summed E-state index contributed by atoms with van der Waals surface area (Å²) < 4.78 is 0. The van der Waals surface area contributed by atoms with Crippen LogP contribution >= 0.6 is 0 Å². The molecule has 1 heterocycles. The maximum absolute atomic E-state index is 12.9. The molecule has 21 heavy (non-hydrogen) atoms. The molecule has 4 heteroatoms. The van der Waals surface area contributed by atoms with E-state index in [1.807, 2.05) is 11.8 Å². The van der Waals surface area contributed by atoms with Gasteiger partial charge in [-0.15, -0.1) is 0 Å². The fourth-order valence-electron chi connectivity index (χ4n) is 3.41. The normalized spacial score (nSPS) is 28.2. The van der Waals surface area contributed by atoms with Crippen LogP contribution in [-0.2, 0) is 9.59 Å². The molecule has 0 aromatic carbocycles. The molecule has 2 atom stereocenters. The summed E-state index contributed by atoms with van der Waals surface area (Å²) >= 11 is 0. The number of carbonyl (C=O) groups is 2. The van der Waals surface area contributed by atoms with Gasteiger partial charge in [-0.3, -0.25) is 9.59 Å². The van der Waals surface area contributed by atoms with Crippen LogP contribution in [0.15, 0.2) is 0 Å². The minimum absolute atomic E-state index is 0.0263. The molecule has 0 aromatic heterocycles. The van der Waals surface area contributed by atoms with Crippen molar-refractivity contribution < 1.29 is 9.59 Å². The fraction of sp³-hybridized carbons (Fsp3) is 0.882. The van der Waals surface area contributed by atoms with Crippen molar-refractivity contribution in [3.63, 3.8) is 0 Å². The first-order valence-electron chi connectivity index (χ1n) is 8.61. The summed E-state index contributed by atoms with van der Waals surface area (Å²) in [5.74, 6) is 0.499. The Morgan fingerprint density at radius 1 is 1.29 bits per heavy atom. The molecule has 2 rings (SSSR count). The molecule has 2 unspecified atom stereocenters. The first-order valence-corrected chi connectivity index (χ1v) is 8.61. The van der Waals surface area contributed by atoms with Gasteiger partial charge in [0.15, 0.2) is 0 Å². The smallest absolute Gasteiger partial charge is 0.248 e. The number of hydrogen-bond acceptors (Lipinski definition) is 2. The van der Waals surface area contributed by atoms with Crippen molar-refractivity contribution in [3.05, 3.63) is 0 Å². The molecule has 2 amide bonds. The average Bonchev–Trinajstić information content (AvgIpc) is 3.27. The van der Waals surface area contributed by atoms with Gasteiger partial charge in [0.2, 0.25) is 11.8 Å². The van der Waals surface area contributed by atoms with E-state index in [9.17, 15) is 9.59 Å². The second-order valence-electron chi connectivity index (χ2n) is 6.97. The van der Waals surface area contributed by atoms with Crippen LogP contribution in [0.2, 0.25) is 0 Å². The standard InChI is InChI=1S/C17H30N2O2/c1-4-5-6-7-8-13(2)19-12-11-15(20)18-17(3,16(19)21)14-9-10-14/h13-14H,4-12H2,1-3H3,(H,18,20). The highest BCUT2D eigenvalue weighted by atomic mass is 16.2. The molecule has 0 bridgehead atoms. The van der Waals surface area contributed by atoms with E-state index in [4.69, 9.17) is 0 Å². The van der Waals surface area contributed by atoms with E-state index in [2.05, 4.69) is 19.2 Å². The van der Waals surface area contributed by atoms with Gasteiger partial charge in [0.1, 0.15) is 5.54 Å². The van der Waals surface area contributed by atoms with Gasteiger partial charge in [-0.1, -0.05) is 32.6 Å². The van der Waals surface area contributed by atoms with Gasteiger partial charge in [-0.05, 0) is 39.0 Å². The van der Waals surface area contributed by atoms with Gasteiger partial charge in [0.25, 0.3) is 0 Å². The molecule has 120 valence electrons. The van der Waals surface area contributed by atoms with Crippen molar-refractivity contribution in [2.75, 3.05) is 6.54 Å². The summed E-state index contributed by atoms with van der Waals surface area (Å²) in [6, 6.07) is 0.236. The van der Waals surface area contributed by atoms with Gasteiger partial charge in [0.05, 0.1) is 0 Å². The predicted molar refractivity (Wildman–Crippen MR) is 83.8 cm³/mol. The summed E-state index contributed by atoms with van der Waals surface area (Å²) in [6.07, 6.45) is 8.49. The van der Waals surface area contributed by atoms with Crippen molar-refractivity contribution in [2.45, 2.75) is 83.7 Å². The van der Waals surface area contributed by atoms with E-state index < -0.39 is 5.54 Å². The van der Waals surface area contributed by atoms with E-state index in [1.54, 1.807) is 0 Å². The zero-order valence-electron chi connectivity index (χ0n) is 13.8. The Morgan fingerprint density at radius 3 is 2.62 bits per heavy atom. The number of nitrogens with zero attached hydrogens (tertiary/aromatic N) is 1. The van der Waals surface area contributed by atoms with Crippen LogP contribution in [0.3, 0.4) is 0 Å². The Balaban J connectivity index is 2.00. The van der Waals surface area contributed by atoms with Gasteiger partial charge >= 0.3 is 0 Å². The lowest BCUT2D eigenvalue weighted by Gasteiger charge is -2.35. The van der Waals surface area contributed by atoms with Crippen molar-refractivity contribution in [1.82, 2.24) is 10.2 Å². The number of nitrogens with one attached hydrogen (secondary N) is 1. The molecule has 1 aliphatic heterocycles. The zero-order chi connectivity index (χ0) is 15.5. The monoisotopic (exact) mass is 294 g/mol. The van der Waals surface area contributed by atoms with Gasteiger partial charge in [0, 0.05) is 19.0 Å². The number of unbranched alkanes of at least 4 members (excludes halogenated alkanes) is 3. The third-order valence-corrected chi connectivity index (χ3v) is 5.09. The van der Waals surface area contributed by atoms with Crippen molar-refractivity contribution in [3.8, 4) is 0 Å². The fourth-order valence-corrected chi connectivity index (χ4v) is 3.41. The van der Waals surface area contributed by atoms with Gasteiger partial charge in [-0.25, -0.2) is 0 Å². The highest BCUT2D eigenvalue weighted by molar-refractivity contribution is 5.94. The molecule has 1 N–H and O–H groups in total. The number of amides is 2. The van der Waals surface area contributed by atoms with Crippen LogP contribution in [0.25, 0.3) is 0 Å². The Labute approximate surface area is 128 Å². The Bertz CT molecular complexity index is 392. The third-order valence-electron chi connectivity index (χ3n) is 5.09.